The molecule has 58 valence electrons. The molecule has 0 radical (unpaired) electrons. The zero-order valence-corrected chi connectivity index (χ0v) is 6.59. The van der Waals surface area contributed by atoms with Gasteiger partial charge in [-0.15, -0.1) is 0 Å². The van der Waals surface area contributed by atoms with E-state index in [0.29, 0.717) is 18.4 Å². The van der Waals surface area contributed by atoms with Crippen LogP contribution in [0.5, 0.6) is 0 Å². The van der Waals surface area contributed by atoms with Crippen molar-refractivity contribution in [2.45, 2.75) is 19.8 Å². The van der Waals surface area contributed by atoms with E-state index in [-0.39, 0.29) is 5.78 Å². The van der Waals surface area contributed by atoms with Crippen molar-refractivity contribution in [3.63, 3.8) is 0 Å². The molecule has 1 saturated carbocycles. The van der Waals surface area contributed by atoms with Gasteiger partial charge < -0.3 is 4.74 Å². The summed E-state index contributed by atoms with van der Waals surface area (Å²) in [6.45, 7) is 2.44. The van der Waals surface area contributed by atoms with Gasteiger partial charge in [0.2, 0.25) is 0 Å². The highest BCUT2D eigenvalue weighted by Gasteiger charge is 2.40. The Morgan fingerprint density at radius 2 is 2.40 bits per heavy atom. The zero-order chi connectivity index (χ0) is 7.56. The number of ketones is 1. The van der Waals surface area contributed by atoms with Crippen LogP contribution in [-0.2, 0) is 9.53 Å². The van der Waals surface area contributed by atoms with Crippen molar-refractivity contribution < 1.29 is 9.53 Å². The van der Waals surface area contributed by atoms with Gasteiger partial charge in [-0.3, -0.25) is 4.79 Å². The van der Waals surface area contributed by atoms with Crippen molar-refractivity contribution in [3.05, 3.63) is 0 Å². The summed E-state index contributed by atoms with van der Waals surface area (Å²) < 4.78 is 4.75. The number of methoxy groups -OCH3 is 1. The molecule has 2 atom stereocenters. The Hall–Kier alpha value is -0.370. The molecule has 2 heteroatoms. The summed E-state index contributed by atoms with van der Waals surface area (Å²) in [5.41, 5.74) is 0. The molecule has 0 bridgehead atoms. The van der Waals surface area contributed by atoms with E-state index in [1.165, 1.54) is 0 Å². The van der Waals surface area contributed by atoms with Crippen LogP contribution < -0.4 is 0 Å². The molecular formula is C8H14O2. The Morgan fingerprint density at radius 1 is 1.70 bits per heavy atom. The fourth-order valence-electron chi connectivity index (χ4n) is 1.34. The normalized spacial score (nSPS) is 30.2. The van der Waals surface area contributed by atoms with E-state index >= 15 is 0 Å². The lowest BCUT2D eigenvalue weighted by Gasteiger charge is -1.95. The Balaban J connectivity index is 2.19. The quantitative estimate of drug-likeness (QED) is 0.590. The van der Waals surface area contributed by atoms with Gasteiger partial charge in [0.25, 0.3) is 0 Å². The van der Waals surface area contributed by atoms with Crippen LogP contribution in [0, 0.1) is 11.8 Å². The van der Waals surface area contributed by atoms with Crippen molar-refractivity contribution in [3.8, 4) is 0 Å². The van der Waals surface area contributed by atoms with E-state index in [2.05, 4.69) is 6.92 Å². The van der Waals surface area contributed by atoms with Crippen LogP contribution >= 0.6 is 0 Å². The molecule has 0 aliphatic heterocycles. The molecule has 0 aromatic carbocycles. The zero-order valence-electron chi connectivity index (χ0n) is 6.59. The maximum Gasteiger partial charge on any atom is 0.161 e. The molecule has 0 amide bonds. The second-order valence-electron chi connectivity index (χ2n) is 2.91. The molecule has 1 rings (SSSR count). The van der Waals surface area contributed by atoms with E-state index in [1.54, 1.807) is 7.11 Å². The molecule has 2 nitrogen and oxygen atoms in total. The first kappa shape index (κ1) is 7.73. The fourth-order valence-corrected chi connectivity index (χ4v) is 1.34. The van der Waals surface area contributed by atoms with Gasteiger partial charge in [0.1, 0.15) is 6.61 Å². The van der Waals surface area contributed by atoms with Crippen molar-refractivity contribution in [2.75, 3.05) is 13.7 Å². The largest absolute Gasteiger partial charge is 0.377 e. The van der Waals surface area contributed by atoms with E-state index in [1.807, 2.05) is 0 Å². The molecule has 1 fully saturated rings. The molecule has 1 aliphatic rings. The smallest absolute Gasteiger partial charge is 0.161 e. The van der Waals surface area contributed by atoms with E-state index in [9.17, 15) is 4.79 Å². The van der Waals surface area contributed by atoms with Gasteiger partial charge in [-0.1, -0.05) is 13.3 Å². The second-order valence-corrected chi connectivity index (χ2v) is 2.91. The maximum atomic E-state index is 11.0. The Labute approximate surface area is 61.6 Å². The lowest BCUT2D eigenvalue weighted by molar-refractivity contribution is -0.124. The fraction of sp³-hybridized carbons (Fsp3) is 0.875. The highest BCUT2D eigenvalue weighted by atomic mass is 16.5. The third kappa shape index (κ3) is 1.57. The number of carbonyl (C=O) groups is 1. The van der Waals surface area contributed by atoms with Gasteiger partial charge in [-0.05, 0) is 12.3 Å². The molecule has 1 aliphatic carbocycles. The monoisotopic (exact) mass is 142 g/mol. The third-order valence-electron chi connectivity index (χ3n) is 2.15. The molecule has 0 saturated heterocycles. The topological polar surface area (TPSA) is 26.3 Å². The van der Waals surface area contributed by atoms with Gasteiger partial charge in [0.05, 0.1) is 0 Å². The highest BCUT2D eigenvalue weighted by Crippen LogP contribution is 2.41. The van der Waals surface area contributed by atoms with Crippen molar-refractivity contribution in [2.24, 2.45) is 11.8 Å². The van der Waals surface area contributed by atoms with Gasteiger partial charge in [0, 0.05) is 13.0 Å². The standard InChI is InChI=1S/C8H14O2/c1-3-6-4-7(6)8(9)5-10-2/h6-7H,3-5H2,1-2H3. The first-order chi connectivity index (χ1) is 4.79. The Kier molecular flexibility index (Phi) is 2.44. The van der Waals surface area contributed by atoms with Gasteiger partial charge in [-0.25, -0.2) is 0 Å². The number of carbonyl (C=O) groups excluding carboxylic acids is 1. The van der Waals surface area contributed by atoms with Crippen molar-refractivity contribution in [1.29, 1.82) is 0 Å². The van der Waals surface area contributed by atoms with Crippen LogP contribution in [0.2, 0.25) is 0 Å². The Bertz CT molecular complexity index is 131. The van der Waals surface area contributed by atoms with Crippen LogP contribution in [0.1, 0.15) is 19.8 Å². The molecule has 0 heterocycles. The van der Waals surface area contributed by atoms with E-state index in [0.717, 1.165) is 12.8 Å². The molecule has 2 unspecified atom stereocenters. The lowest BCUT2D eigenvalue weighted by atomic mass is 10.2. The van der Waals surface area contributed by atoms with E-state index in [4.69, 9.17) is 4.74 Å². The summed E-state index contributed by atoms with van der Waals surface area (Å²) in [5.74, 6) is 1.29. The second kappa shape index (κ2) is 3.15. The summed E-state index contributed by atoms with van der Waals surface area (Å²) in [5, 5.41) is 0. The number of hydrogen-bond donors (Lipinski definition) is 0. The molecule has 0 N–H and O–H groups in total. The molecule has 0 aromatic heterocycles. The number of Topliss-reactive ketones (excluding diaryl/α,β-unsaturated/α-hetero) is 1. The predicted molar refractivity (Wildman–Crippen MR) is 38.8 cm³/mol. The number of ether oxygens (including phenoxy) is 1. The predicted octanol–water partition coefficient (Wildman–Crippen LogP) is 1.25. The molecular weight excluding hydrogens is 128 g/mol. The van der Waals surface area contributed by atoms with Crippen LogP contribution in [0.15, 0.2) is 0 Å². The van der Waals surface area contributed by atoms with Crippen molar-refractivity contribution >= 4 is 5.78 Å². The van der Waals surface area contributed by atoms with Crippen LogP contribution in [0.3, 0.4) is 0 Å². The van der Waals surface area contributed by atoms with Crippen LogP contribution in [0.4, 0.5) is 0 Å². The van der Waals surface area contributed by atoms with Gasteiger partial charge >= 0.3 is 0 Å². The van der Waals surface area contributed by atoms with Crippen molar-refractivity contribution in [1.82, 2.24) is 0 Å². The van der Waals surface area contributed by atoms with Crippen LogP contribution in [-0.4, -0.2) is 19.5 Å². The van der Waals surface area contributed by atoms with Gasteiger partial charge in [0.15, 0.2) is 5.78 Å². The SMILES string of the molecule is CCC1CC1C(=O)COC. The average molecular weight is 142 g/mol. The number of hydrogen-bond acceptors (Lipinski definition) is 2. The molecule has 0 aromatic rings. The summed E-state index contributed by atoms with van der Waals surface area (Å²) in [6.07, 6.45) is 2.23. The maximum absolute atomic E-state index is 11.0. The van der Waals surface area contributed by atoms with Crippen LogP contribution in [0.25, 0.3) is 0 Å². The minimum absolute atomic E-state index is 0.286. The first-order valence-electron chi connectivity index (χ1n) is 3.81. The minimum Gasteiger partial charge on any atom is -0.377 e. The highest BCUT2D eigenvalue weighted by molar-refractivity contribution is 5.84. The Morgan fingerprint density at radius 3 is 2.80 bits per heavy atom. The summed E-state index contributed by atoms with van der Waals surface area (Å²) in [4.78, 5) is 11.0. The molecule has 10 heavy (non-hydrogen) atoms. The summed E-state index contributed by atoms with van der Waals surface area (Å²) >= 11 is 0. The number of rotatable bonds is 4. The lowest BCUT2D eigenvalue weighted by Crippen LogP contribution is -2.09. The average Bonchev–Trinajstić information content (AvgIpc) is 2.66. The first-order valence-corrected chi connectivity index (χ1v) is 3.81. The summed E-state index contributed by atoms with van der Waals surface area (Å²) in [6, 6.07) is 0. The third-order valence-corrected chi connectivity index (χ3v) is 2.15. The van der Waals surface area contributed by atoms with Gasteiger partial charge in [-0.2, -0.15) is 0 Å². The minimum atomic E-state index is 0.286. The summed E-state index contributed by atoms with van der Waals surface area (Å²) in [7, 11) is 1.57. The van der Waals surface area contributed by atoms with E-state index < -0.39 is 0 Å². The molecule has 0 spiro atoms.